The van der Waals surface area contributed by atoms with E-state index >= 15 is 0 Å². The smallest absolute Gasteiger partial charge is 0.0602 e. The van der Waals surface area contributed by atoms with E-state index in [-0.39, 0.29) is 6.10 Å². The van der Waals surface area contributed by atoms with Gasteiger partial charge in [0.1, 0.15) is 0 Å². The summed E-state index contributed by atoms with van der Waals surface area (Å²) in [5.74, 6) is 0.928. The second kappa shape index (κ2) is 0.878. The number of rotatable bonds is 0. The Morgan fingerprint density at radius 3 is 2.56 bits per heavy atom. The quantitative estimate of drug-likeness (QED) is 0.514. The molecule has 1 heteroatoms. The molecule has 3 aliphatic rings. The Bertz CT molecular complexity index is 189. The highest BCUT2D eigenvalue weighted by molar-refractivity contribution is 5.32. The zero-order valence-corrected chi connectivity index (χ0v) is 5.72. The Kier molecular flexibility index (Phi) is 0.461. The van der Waals surface area contributed by atoms with Gasteiger partial charge in [0, 0.05) is 0 Å². The van der Waals surface area contributed by atoms with E-state index in [9.17, 15) is 5.11 Å². The van der Waals surface area contributed by atoms with Gasteiger partial charge in [0.05, 0.1) is 6.10 Å². The summed E-state index contributed by atoms with van der Waals surface area (Å²) in [5.41, 5.74) is 1.07. The van der Waals surface area contributed by atoms with Crippen molar-refractivity contribution in [3.05, 3.63) is 0 Å². The first kappa shape index (κ1) is 4.73. The van der Waals surface area contributed by atoms with E-state index in [4.69, 9.17) is 0 Å². The molecule has 0 aromatic rings. The molecule has 0 heterocycles. The number of hydrogen-bond acceptors (Lipinski definition) is 1. The van der Waals surface area contributed by atoms with E-state index in [1.807, 2.05) is 0 Å². The predicted molar refractivity (Wildman–Crippen MR) is 33.9 cm³/mol. The van der Waals surface area contributed by atoms with Gasteiger partial charge in [-0.05, 0) is 36.0 Å². The van der Waals surface area contributed by atoms with Gasteiger partial charge in [-0.2, -0.15) is 0 Å². The zero-order chi connectivity index (χ0) is 6.28. The lowest BCUT2D eigenvalue weighted by atomic mass is 10.0. The van der Waals surface area contributed by atoms with Crippen LogP contribution in [-0.4, -0.2) is 11.2 Å². The number of aliphatic hydroxyl groups excluding tert-OH is 1. The van der Waals surface area contributed by atoms with Gasteiger partial charge in [-0.1, -0.05) is 6.92 Å². The summed E-state index contributed by atoms with van der Waals surface area (Å²) >= 11 is 0. The minimum atomic E-state index is 0.0521. The van der Waals surface area contributed by atoms with Gasteiger partial charge in [-0.25, -0.2) is 0 Å². The van der Waals surface area contributed by atoms with Gasteiger partial charge < -0.3 is 5.11 Å². The highest BCUT2D eigenvalue weighted by atomic mass is 16.3. The maximum atomic E-state index is 9.49. The molecule has 2 unspecified atom stereocenters. The maximum absolute atomic E-state index is 9.49. The lowest BCUT2D eigenvalue weighted by Crippen LogP contribution is -2.16. The first-order valence-electron chi connectivity index (χ1n) is 3.87. The van der Waals surface area contributed by atoms with Gasteiger partial charge in [-0.3, -0.25) is 0 Å². The Balaban J connectivity index is 2.07. The topological polar surface area (TPSA) is 20.2 Å². The summed E-state index contributed by atoms with van der Waals surface area (Å²) < 4.78 is 0. The van der Waals surface area contributed by atoms with Crippen LogP contribution in [0.4, 0.5) is 0 Å². The zero-order valence-electron chi connectivity index (χ0n) is 5.72. The molecule has 0 saturated heterocycles. The van der Waals surface area contributed by atoms with E-state index in [0.29, 0.717) is 10.8 Å². The first-order chi connectivity index (χ1) is 4.19. The Labute approximate surface area is 55.1 Å². The normalized spacial score (nSPS) is 75.3. The third kappa shape index (κ3) is 0.277. The van der Waals surface area contributed by atoms with Crippen LogP contribution in [0.1, 0.15) is 26.2 Å². The monoisotopic (exact) mass is 124 g/mol. The van der Waals surface area contributed by atoms with Crippen LogP contribution >= 0.6 is 0 Å². The molecule has 3 fully saturated rings. The Hall–Kier alpha value is -0.0400. The molecule has 1 nitrogen and oxygen atoms in total. The molecular formula is C8H12O. The maximum Gasteiger partial charge on any atom is 0.0602 e. The van der Waals surface area contributed by atoms with Gasteiger partial charge in [-0.15, -0.1) is 0 Å². The molecule has 4 atom stereocenters. The molecule has 9 heavy (non-hydrogen) atoms. The third-order valence-corrected chi connectivity index (χ3v) is 4.17. The van der Waals surface area contributed by atoms with Crippen molar-refractivity contribution in [1.82, 2.24) is 0 Å². The van der Waals surface area contributed by atoms with E-state index in [1.54, 1.807) is 0 Å². The van der Waals surface area contributed by atoms with Crippen molar-refractivity contribution in [2.24, 2.45) is 16.7 Å². The average molecular weight is 124 g/mol. The fourth-order valence-electron chi connectivity index (χ4n) is 3.20. The van der Waals surface area contributed by atoms with Crippen LogP contribution in [0.25, 0.3) is 0 Å². The molecule has 0 aromatic carbocycles. The average Bonchev–Trinajstić information content (AvgIpc) is 2.53. The molecule has 1 N–H and O–H groups in total. The highest BCUT2D eigenvalue weighted by Gasteiger charge is 2.83. The van der Waals surface area contributed by atoms with Crippen molar-refractivity contribution in [2.45, 2.75) is 32.3 Å². The van der Waals surface area contributed by atoms with Gasteiger partial charge in [0.15, 0.2) is 0 Å². The van der Waals surface area contributed by atoms with Crippen LogP contribution in [0.15, 0.2) is 0 Å². The van der Waals surface area contributed by atoms with Crippen LogP contribution in [0.3, 0.4) is 0 Å². The Morgan fingerprint density at radius 2 is 2.33 bits per heavy atom. The van der Waals surface area contributed by atoms with E-state index in [2.05, 4.69) is 6.92 Å². The number of hydrogen-bond donors (Lipinski definition) is 1. The fourth-order valence-corrected chi connectivity index (χ4v) is 3.20. The summed E-state index contributed by atoms with van der Waals surface area (Å²) in [6.07, 6.45) is 3.92. The molecule has 0 bridgehead atoms. The summed E-state index contributed by atoms with van der Waals surface area (Å²) in [4.78, 5) is 0. The van der Waals surface area contributed by atoms with Crippen LogP contribution in [0.5, 0.6) is 0 Å². The number of aliphatic hydroxyl groups is 1. The third-order valence-electron chi connectivity index (χ3n) is 4.17. The minimum Gasteiger partial charge on any atom is -0.393 e. The molecule has 0 radical (unpaired) electrons. The van der Waals surface area contributed by atoms with Crippen molar-refractivity contribution < 1.29 is 5.11 Å². The van der Waals surface area contributed by atoms with Crippen molar-refractivity contribution in [2.75, 3.05) is 0 Å². The van der Waals surface area contributed by atoms with Crippen LogP contribution in [0.2, 0.25) is 0 Å². The minimum absolute atomic E-state index is 0.0521. The van der Waals surface area contributed by atoms with Gasteiger partial charge >= 0.3 is 0 Å². The molecule has 3 rings (SSSR count). The van der Waals surface area contributed by atoms with E-state index in [0.717, 1.165) is 12.3 Å². The second-order valence-corrected chi connectivity index (χ2v) is 4.40. The standard InChI is InChI=1S/C8H12O/c1-7-4-8(7)3-5(8)2-6(7)9/h5-6,9H,2-4H2,1H3/t5?,6-,7+,8?/m0/s1. The van der Waals surface area contributed by atoms with Gasteiger partial charge in [0.25, 0.3) is 0 Å². The summed E-state index contributed by atoms with van der Waals surface area (Å²) in [6, 6.07) is 0. The van der Waals surface area contributed by atoms with Crippen molar-refractivity contribution >= 4 is 0 Å². The second-order valence-electron chi connectivity index (χ2n) is 4.40. The Morgan fingerprint density at radius 1 is 1.56 bits per heavy atom. The van der Waals surface area contributed by atoms with Crippen molar-refractivity contribution in [3.8, 4) is 0 Å². The molecular weight excluding hydrogens is 112 g/mol. The molecule has 3 aliphatic carbocycles. The lowest BCUT2D eigenvalue weighted by molar-refractivity contribution is 0.101. The van der Waals surface area contributed by atoms with Crippen LogP contribution in [0, 0.1) is 16.7 Å². The first-order valence-corrected chi connectivity index (χ1v) is 3.87. The lowest BCUT2D eigenvalue weighted by Gasteiger charge is -2.13. The molecule has 0 amide bonds. The molecule has 3 saturated carbocycles. The van der Waals surface area contributed by atoms with E-state index in [1.165, 1.54) is 12.8 Å². The highest BCUT2D eigenvalue weighted by Crippen LogP contribution is 2.88. The predicted octanol–water partition coefficient (Wildman–Crippen LogP) is 1.17. The molecule has 50 valence electrons. The van der Waals surface area contributed by atoms with Crippen LogP contribution in [-0.2, 0) is 0 Å². The molecule has 1 spiro atoms. The summed E-state index contributed by atoms with van der Waals surface area (Å²) in [6.45, 7) is 2.25. The van der Waals surface area contributed by atoms with Crippen molar-refractivity contribution in [1.29, 1.82) is 0 Å². The molecule has 0 aromatic heterocycles. The van der Waals surface area contributed by atoms with Crippen molar-refractivity contribution in [3.63, 3.8) is 0 Å². The summed E-state index contributed by atoms with van der Waals surface area (Å²) in [5, 5.41) is 9.49. The van der Waals surface area contributed by atoms with Gasteiger partial charge in [0.2, 0.25) is 0 Å². The largest absolute Gasteiger partial charge is 0.393 e. The SMILES string of the molecule is C[C@]12CC13CC3C[C@@H]2O. The fraction of sp³-hybridized carbons (Fsp3) is 1.00. The summed E-state index contributed by atoms with van der Waals surface area (Å²) in [7, 11) is 0. The molecule has 0 aliphatic heterocycles. The van der Waals surface area contributed by atoms with Crippen LogP contribution < -0.4 is 0 Å². The van der Waals surface area contributed by atoms with E-state index < -0.39 is 0 Å².